The SMILES string of the molecule is O=c1c2cccc(Cl)c2ncn1[C@@H]1CCOC1. The second-order valence-electron chi connectivity index (χ2n) is 4.11. The van der Waals surface area contributed by atoms with Gasteiger partial charge in [0.2, 0.25) is 0 Å². The maximum absolute atomic E-state index is 12.3. The van der Waals surface area contributed by atoms with Gasteiger partial charge in [0.05, 0.1) is 34.9 Å². The van der Waals surface area contributed by atoms with E-state index in [1.807, 2.05) is 0 Å². The standard InChI is InChI=1S/C12H11ClN2O2/c13-10-3-1-2-9-11(10)14-7-15(12(9)16)8-4-5-17-6-8/h1-3,7-8H,4-6H2/t8-/m1/s1. The summed E-state index contributed by atoms with van der Waals surface area (Å²) in [5.74, 6) is 0. The number of ether oxygens (including phenoxy) is 1. The molecule has 0 radical (unpaired) electrons. The highest BCUT2D eigenvalue weighted by atomic mass is 35.5. The fraction of sp³-hybridized carbons (Fsp3) is 0.333. The number of fused-ring (bicyclic) bond motifs is 1. The van der Waals surface area contributed by atoms with Gasteiger partial charge in [-0.15, -0.1) is 0 Å². The molecule has 1 saturated heterocycles. The molecule has 1 aliphatic heterocycles. The zero-order valence-corrected chi connectivity index (χ0v) is 9.85. The Morgan fingerprint density at radius 3 is 3.12 bits per heavy atom. The minimum atomic E-state index is -0.0481. The Bertz CT molecular complexity index is 617. The zero-order valence-electron chi connectivity index (χ0n) is 9.10. The lowest BCUT2D eigenvalue weighted by Gasteiger charge is -2.12. The largest absolute Gasteiger partial charge is 0.379 e. The van der Waals surface area contributed by atoms with Crippen molar-refractivity contribution in [3.63, 3.8) is 0 Å². The minimum absolute atomic E-state index is 0.0481. The molecule has 5 heteroatoms. The van der Waals surface area contributed by atoms with Gasteiger partial charge in [0, 0.05) is 6.61 Å². The molecule has 2 heterocycles. The fourth-order valence-electron chi connectivity index (χ4n) is 2.13. The Hall–Kier alpha value is -1.39. The number of hydrogen-bond acceptors (Lipinski definition) is 3. The third-order valence-corrected chi connectivity index (χ3v) is 3.37. The Kier molecular flexibility index (Phi) is 2.61. The normalized spacial score (nSPS) is 19.9. The van der Waals surface area contributed by atoms with Gasteiger partial charge >= 0.3 is 0 Å². The van der Waals surface area contributed by atoms with Gasteiger partial charge in [-0.05, 0) is 18.6 Å². The van der Waals surface area contributed by atoms with Crippen molar-refractivity contribution in [3.05, 3.63) is 39.9 Å². The Labute approximate surface area is 103 Å². The predicted molar refractivity (Wildman–Crippen MR) is 65.5 cm³/mol. The number of hydrogen-bond donors (Lipinski definition) is 0. The van der Waals surface area contributed by atoms with Gasteiger partial charge in [-0.3, -0.25) is 9.36 Å². The van der Waals surface area contributed by atoms with Crippen LogP contribution >= 0.6 is 11.6 Å². The first-order valence-corrected chi connectivity index (χ1v) is 5.88. The number of benzene rings is 1. The van der Waals surface area contributed by atoms with Crippen LogP contribution in [0.2, 0.25) is 5.02 Å². The summed E-state index contributed by atoms with van der Waals surface area (Å²) in [5.41, 5.74) is 0.516. The van der Waals surface area contributed by atoms with Crippen LogP contribution in [0.1, 0.15) is 12.5 Å². The first-order valence-electron chi connectivity index (χ1n) is 5.50. The van der Waals surface area contributed by atoms with Gasteiger partial charge in [0.15, 0.2) is 0 Å². The average molecular weight is 251 g/mol. The van der Waals surface area contributed by atoms with Crippen LogP contribution < -0.4 is 5.56 Å². The lowest BCUT2D eigenvalue weighted by Crippen LogP contribution is -2.25. The van der Waals surface area contributed by atoms with E-state index in [-0.39, 0.29) is 11.6 Å². The van der Waals surface area contributed by atoms with E-state index in [1.165, 1.54) is 0 Å². The second-order valence-corrected chi connectivity index (χ2v) is 4.52. The average Bonchev–Trinajstić information content (AvgIpc) is 2.84. The molecule has 1 aliphatic rings. The van der Waals surface area contributed by atoms with Gasteiger partial charge in [-0.2, -0.15) is 0 Å². The van der Waals surface area contributed by atoms with Gasteiger partial charge in [-0.25, -0.2) is 4.98 Å². The first kappa shape index (κ1) is 10.7. The zero-order chi connectivity index (χ0) is 11.8. The Morgan fingerprint density at radius 2 is 2.35 bits per heavy atom. The van der Waals surface area contributed by atoms with E-state index in [0.717, 1.165) is 6.42 Å². The first-order chi connectivity index (χ1) is 8.27. The quantitative estimate of drug-likeness (QED) is 0.778. The summed E-state index contributed by atoms with van der Waals surface area (Å²) in [6.45, 7) is 1.28. The van der Waals surface area contributed by atoms with Crippen molar-refractivity contribution in [2.45, 2.75) is 12.5 Å². The molecule has 0 unspecified atom stereocenters. The van der Waals surface area contributed by atoms with E-state index in [2.05, 4.69) is 4.98 Å². The number of halogens is 1. The van der Waals surface area contributed by atoms with Crippen LogP contribution in [0.5, 0.6) is 0 Å². The van der Waals surface area contributed by atoms with Crippen molar-refractivity contribution in [1.29, 1.82) is 0 Å². The lowest BCUT2D eigenvalue weighted by atomic mass is 10.2. The molecule has 1 aromatic heterocycles. The van der Waals surface area contributed by atoms with Crippen LogP contribution in [0.3, 0.4) is 0 Å². The van der Waals surface area contributed by atoms with E-state index < -0.39 is 0 Å². The summed E-state index contributed by atoms with van der Waals surface area (Å²) in [6, 6.07) is 5.35. The number of rotatable bonds is 1. The molecular weight excluding hydrogens is 240 g/mol. The molecule has 2 aromatic rings. The molecule has 0 bridgehead atoms. The van der Waals surface area contributed by atoms with Crippen LogP contribution in [-0.4, -0.2) is 22.8 Å². The van der Waals surface area contributed by atoms with E-state index in [9.17, 15) is 4.79 Å². The summed E-state index contributed by atoms with van der Waals surface area (Å²) in [7, 11) is 0. The van der Waals surface area contributed by atoms with Gasteiger partial charge in [0.25, 0.3) is 5.56 Å². The summed E-state index contributed by atoms with van der Waals surface area (Å²) >= 11 is 6.01. The van der Waals surface area contributed by atoms with Crippen LogP contribution in [0, 0.1) is 0 Å². The Morgan fingerprint density at radius 1 is 1.47 bits per heavy atom. The molecule has 1 fully saturated rings. The van der Waals surface area contributed by atoms with Crippen LogP contribution in [0.4, 0.5) is 0 Å². The maximum Gasteiger partial charge on any atom is 0.261 e. The summed E-state index contributed by atoms with van der Waals surface area (Å²) in [4.78, 5) is 16.5. The molecule has 17 heavy (non-hydrogen) atoms. The lowest BCUT2D eigenvalue weighted by molar-refractivity contribution is 0.186. The van der Waals surface area contributed by atoms with Crippen molar-refractivity contribution >= 4 is 22.5 Å². The van der Waals surface area contributed by atoms with Gasteiger partial charge in [0.1, 0.15) is 0 Å². The van der Waals surface area contributed by atoms with Crippen LogP contribution in [-0.2, 0) is 4.74 Å². The van der Waals surface area contributed by atoms with Crippen molar-refractivity contribution < 1.29 is 4.74 Å². The van der Waals surface area contributed by atoms with Crippen molar-refractivity contribution in [2.24, 2.45) is 0 Å². The van der Waals surface area contributed by atoms with Crippen LogP contribution in [0.25, 0.3) is 10.9 Å². The molecule has 0 spiro atoms. The van der Waals surface area contributed by atoms with Crippen molar-refractivity contribution in [2.75, 3.05) is 13.2 Å². The minimum Gasteiger partial charge on any atom is -0.379 e. The second kappa shape index (κ2) is 4.13. The molecule has 3 rings (SSSR count). The molecule has 0 N–H and O–H groups in total. The third kappa shape index (κ3) is 1.73. The van der Waals surface area contributed by atoms with E-state index >= 15 is 0 Å². The molecule has 0 aliphatic carbocycles. The fourth-order valence-corrected chi connectivity index (χ4v) is 2.36. The predicted octanol–water partition coefficient (Wildman–Crippen LogP) is 2.01. The van der Waals surface area contributed by atoms with Gasteiger partial charge in [-0.1, -0.05) is 17.7 Å². The van der Waals surface area contributed by atoms with Gasteiger partial charge < -0.3 is 4.74 Å². The highest BCUT2D eigenvalue weighted by Crippen LogP contribution is 2.21. The van der Waals surface area contributed by atoms with Crippen LogP contribution in [0.15, 0.2) is 29.3 Å². The molecule has 0 saturated carbocycles. The monoisotopic (exact) mass is 250 g/mol. The molecule has 0 amide bonds. The number of nitrogens with zero attached hydrogens (tertiary/aromatic N) is 2. The maximum atomic E-state index is 12.3. The molecule has 1 aromatic carbocycles. The summed E-state index contributed by atoms with van der Waals surface area (Å²) in [5, 5.41) is 1.07. The highest BCUT2D eigenvalue weighted by molar-refractivity contribution is 6.34. The highest BCUT2D eigenvalue weighted by Gasteiger charge is 2.19. The van der Waals surface area contributed by atoms with E-state index in [4.69, 9.17) is 16.3 Å². The molecular formula is C12H11ClN2O2. The topological polar surface area (TPSA) is 44.1 Å². The molecule has 88 valence electrons. The molecule has 1 atom stereocenters. The smallest absolute Gasteiger partial charge is 0.261 e. The third-order valence-electron chi connectivity index (χ3n) is 3.06. The summed E-state index contributed by atoms with van der Waals surface area (Å²) in [6.07, 6.45) is 2.42. The molecule has 4 nitrogen and oxygen atoms in total. The number of aromatic nitrogens is 2. The van der Waals surface area contributed by atoms with Crippen molar-refractivity contribution in [3.8, 4) is 0 Å². The number of para-hydroxylation sites is 1. The van der Waals surface area contributed by atoms with E-state index in [1.54, 1.807) is 29.1 Å². The van der Waals surface area contributed by atoms with E-state index in [0.29, 0.717) is 29.1 Å². The summed E-state index contributed by atoms with van der Waals surface area (Å²) < 4.78 is 6.93. The Balaban J connectivity index is 2.22. The van der Waals surface area contributed by atoms with Crippen molar-refractivity contribution in [1.82, 2.24) is 9.55 Å².